The van der Waals surface area contributed by atoms with E-state index in [1.165, 1.54) is 12.8 Å². The minimum Gasteiger partial charge on any atom is -0.460 e. The number of amides is 1. The predicted molar refractivity (Wildman–Crippen MR) is 76.3 cm³/mol. The van der Waals surface area contributed by atoms with Crippen molar-refractivity contribution in [3.8, 4) is 0 Å². The maximum Gasteiger partial charge on any atom is 0.306 e. The highest BCUT2D eigenvalue weighted by atomic mass is 16.6. The van der Waals surface area contributed by atoms with Crippen molar-refractivity contribution in [3.63, 3.8) is 0 Å². The molecule has 20 heavy (non-hydrogen) atoms. The van der Waals surface area contributed by atoms with Crippen LogP contribution in [0.15, 0.2) is 0 Å². The summed E-state index contributed by atoms with van der Waals surface area (Å²) in [5.41, 5.74) is -0.497. The van der Waals surface area contributed by atoms with E-state index in [1.807, 2.05) is 20.8 Å². The van der Waals surface area contributed by atoms with Crippen molar-refractivity contribution in [1.82, 2.24) is 4.90 Å². The minimum atomic E-state index is -0.497. The van der Waals surface area contributed by atoms with E-state index in [9.17, 15) is 9.59 Å². The first kappa shape index (κ1) is 17.0. The Hall–Kier alpha value is -1.10. The van der Waals surface area contributed by atoms with Gasteiger partial charge in [-0.2, -0.15) is 0 Å². The zero-order valence-corrected chi connectivity index (χ0v) is 13.1. The Labute approximate surface area is 121 Å². The molecule has 0 aromatic carbocycles. The average molecular weight is 285 g/mol. The third-order valence-corrected chi connectivity index (χ3v) is 3.01. The van der Waals surface area contributed by atoms with Gasteiger partial charge in [0.05, 0.1) is 13.0 Å². The number of ether oxygens (including phenoxy) is 2. The summed E-state index contributed by atoms with van der Waals surface area (Å²) in [5, 5.41) is 0. The standard InChI is InChI=1S/C15H27NO4/c1-15(2,3)20-14(18)8-7-13(17)16(4)9-10-19-11-12-5-6-12/h12H,5-11H2,1-4H3. The third-order valence-electron chi connectivity index (χ3n) is 3.01. The summed E-state index contributed by atoms with van der Waals surface area (Å²) in [6.45, 7) is 7.38. The second-order valence-corrected chi connectivity index (χ2v) is 6.42. The zero-order valence-electron chi connectivity index (χ0n) is 13.1. The molecule has 5 heteroatoms. The summed E-state index contributed by atoms with van der Waals surface area (Å²) in [4.78, 5) is 24.9. The molecule has 0 aliphatic heterocycles. The van der Waals surface area contributed by atoms with Crippen LogP contribution in [-0.2, 0) is 19.1 Å². The van der Waals surface area contributed by atoms with Crippen molar-refractivity contribution in [1.29, 1.82) is 0 Å². The Kier molecular flexibility index (Phi) is 6.46. The molecule has 0 atom stereocenters. The first-order chi connectivity index (χ1) is 9.28. The molecule has 1 rings (SSSR count). The average Bonchev–Trinajstić information content (AvgIpc) is 3.13. The first-order valence-corrected chi connectivity index (χ1v) is 7.31. The van der Waals surface area contributed by atoms with Gasteiger partial charge in [-0.05, 0) is 39.5 Å². The Morgan fingerprint density at radius 2 is 1.85 bits per heavy atom. The first-order valence-electron chi connectivity index (χ1n) is 7.31. The highest BCUT2D eigenvalue weighted by Gasteiger charge is 2.21. The molecule has 0 heterocycles. The van der Waals surface area contributed by atoms with Crippen LogP contribution in [0.5, 0.6) is 0 Å². The van der Waals surface area contributed by atoms with Crippen LogP contribution in [0.4, 0.5) is 0 Å². The summed E-state index contributed by atoms with van der Waals surface area (Å²) in [6.07, 6.45) is 2.85. The van der Waals surface area contributed by atoms with Crippen molar-refractivity contribution >= 4 is 11.9 Å². The van der Waals surface area contributed by atoms with Crippen LogP contribution in [0, 0.1) is 5.92 Å². The molecule has 5 nitrogen and oxygen atoms in total. The predicted octanol–water partition coefficient (Wildman–Crippen LogP) is 1.99. The molecule has 116 valence electrons. The monoisotopic (exact) mass is 285 g/mol. The zero-order chi connectivity index (χ0) is 15.2. The Balaban J connectivity index is 2.08. The van der Waals surface area contributed by atoms with Crippen LogP contribution in [-0.4, -0.2) is 49.2 Å². The van der Waals surface area contributed by atoms with Crippen LogP contribution in [0.25, 0.3) is 0 Å². The number of carbonyl (C=O) groups excluding carboxylic acids is 2. The van der Waals surface area contributed by atoms with E-state index in [0.717, 1.165) is 12.5 Å². The number of esters is 1. The lowest BCUT2D eigenvalue weighted by atomic mass is 10.2. The van der Waals surface area contributed by atoms with Gasteiger partial charge in [-0.25, -0.2) is 0 Å². The van der Waals surface area contributed by atoms with Crippen LogP contribution in [0.2, 0.25) is 0 Å². The molecule has 0 aromatic rings. The molecule has 0 saturated heterocycles. The normalized spacial score (nSPS) is 15.0. The SMILES string of the molecule is CN(CCOCC1CC1)C(=O)CCC(=O)OC(C)(C)C. The molecule has 0 spiro atoms. The highest BCUT2D eigenvalue weighted by Crippen LogP contribution is 2.28. The maximum atomic E-state index is 11.8. The van der Waals surface area contributed by atoms with Gasteiger partial charge < -0.3 is 14.4 Å². The molecule has 1 saturated carbocycles. The van der Waals surface area contributed by atoms with Gasteiger partial charge in [0.1, 0.15) is 5.60 Å². The Bertz CT molecular complexity index is 331. The van der Waals surface area contributed by atoms with E-state index < -0.39 is 5.60 Å². The topological polar surface area (TPSA) is 55.8 Å². The smallest absolute Gasteiger partial charge is 0.306 e. The quantitative estimate of drug-likeness (QED) is 0.505. The maximum absolute atomic E-state index is 11.8. The van der Waals surface area contributed by atoms with Gasteiger partial charge in [-0.15, -0.1) is 0 Å². The van der Waals surface area contributed by atoms with Crippen molar-refractivity contribution in [2.45, 2.75) is 52.1 Å². The molecule has 1 amide bonds. The van der Waals surface area contributed by atoms with Gasteiger partial charge in [0.25, 0.3) is 0 Å². The van der Waals surface area contributed by atoms with Crippen molar-refractivity contribution in [3.05, 3.63) is 0 Å². The van der Waals surface area contributed by atoms with E-state index >= 15 is 0 Å². The molecule has 1 aliphatic carbocycles. The molecular formula is C15H27NO4. The molecule has 0 radical (unpaired) electrons. The summed E-state index contributed by atoms with van der Waals surface area (Å²) < 4.78 is 10.6. The number of likely N-dealkylation sites (N-methyl/N-ethyl adjacent to an activating group) is 1. The molecule has 0 bridgehead atoms. The number of hydrogen-bond acceptors (Lipinski definition) is 4. The third kappa shape index (κ3) is 8.15. The molecule has 1 fully saturated rings. The van der Waals surface area contributed by atoms with Gasteiger partial charge in [0.2, 0.25) is 5.91 Å². The summed E-state index contributed by atoms with van der Waals surface area (Å²) in [7, 11) is 1.73. The van der Waals surface area contributed by atoms with Crippen LogP contribution in [0.3, 0.4) is 0 Å². The fourth-order valence-electron chi connectivity index (χ4n) is 1.65. The summed E-state index contributed by atoms with van der Waals surface area (Å²) in [6, 6.07) is 0. The highest BCUT2D eigenvalue weighted by molar-refractivity contribution is 5.81. The number of nitrogens with zero attached hydrogens (tertiary/aromatic N) is 1. The van der Waals surface area contributed by atoms with E-state index in [4.69, 9.17) is 9.47 Å². The second kappa shape index (κ2) is 7.62. The fraction of sp³-hybridized carbons (Fsp3) is 0.867. The van der Waals surface area contributed by atoms with Crippen LogP contribution >= 0.6 is 0 Å². The van der Waals surface area contributed by atoms with Gasteiger partial charge in [-0.3, -0.25) is 9.59 Å². The van der Waals surface area contributed by atoms with Gasteiger partial charge in [0.15, 0.2) is 0 Å². The lowest BCUT2D eigenvalue weighted by Crippen LogP contribution is -2.31. The molecular weight excluding hydrogens is 258 g/mol. The van der Waals surface area contributed by atoms with Crippen LogP contribution < -0.4 is 0 Å². The van der Waals surface area contributed by atoms with Gasteiger partial charge in [-0.1, -0.05) is 0 Å². The number of rotatable bonds is 8. The van der Waals surface area contributed by atoms with E-state index in [1.54, 1.807) is 11.9 Å². The molecule has 1 aliphatic rings. The summed E-state index contributed by atoms with van der Waals surface area (Å²) in [5.74, 6) is 0.360. The summed E-state index contributed by atoms with van der Waals surface area (Å²) >= 11 is 0. The molecule has 0 unspecified atom stereocenters. The fourth-order valence-corrected chi connectivity index (χ4v) is 1.65. The van der Waals surface area contributed by atoms with Crippen molar-refractivity contribution in [2.75, 3.05) is 26.8 Å². The molecule has 0 N–H and O–H groups in total. The van der Waals surface area contributed by atoms with E-state index in [-0.39, 0.29) is 24.7 Å². The molecule has 0 aromatic heterocycles. The Morgan fingerprint density at radius 3 is 2.40 bits per heavy atom. The largest absolute Gasteiger partial charge is 0.460 e. The Morgan fingerprint density at radius 1 is 1.20 bits per heavy atom. The van der Waals surface area contributed by atoms with Crippen molar-refractivity contribution in [2.24, 2.45) is 5.92 Å². The van der Waals surface area contributed by atoms with Crippen molar-refractivity contribution < 1.29 is 19.1 Å². The lowest BCUT2D eigenvalue weighted by Gasteiger charge is -2.20. The van der Waals surface area contributed by atoms with E-state index in [2.05, 4.69) is 0 Å². The minimum absolute atomic E-state index is 0.0501. The van der Waals surface area contributed by atoms with Gasteiger partial charge >= 0.3 is 5.97 Å². The number of hydrogen-bond donors (Lipinski definition) is 0. The van der Waals surface area contributed by atoms with E-state index in [0.29, 0.717) is 13.2 Å². The second-order valence-electron chi connectivity index (χ2n) is 6.42. The van der Waals surface area contributed by atoms with Gasteiger partial charge in [0, 0.05) is 26.6 Å². The van der Waals surface area contributed by atoms with Crippen LogP contribution in [0.1, 0.15) is 46.5 Å². The number of carbonyl (C=O) groups is 2. The lowest BCUT2D eigenvalue weighted by molar-refractivity contribution is -0.156.